The van der Waals surface area contributed by atoms with E-state index in [0.29, 0.717) is 18.7 Å². The van der Waals surface area contributed by atoms with E-state index in [0.717, 1.165) is 5.57 Å². The van der Waals surface area contributed by atoms with Gasteiger partial charge in [-0.1, -0.05) is 12.2 Å². The third kappa shape index (κ3) is 5.21. The van der Waals surface area contributed by atoms with Crippen molar-refractivity contribution < 1.29 is 19.2 Å². The normalized spacial score (nSPS) is 10.0. The average Bonchev–Trinajstić information content (AvgIpc) is 2.49. The largest absolute Gasteiger partial charge is 0.452 e. The predicted octanol–water partition coefficient (Wildman–Crippen LogP) is 2.48. The molecule has 0 bridgehead atoms. The second-order valence-corrected chi connectivity index (χ2v) is 5.20. The van der Waals surface area contributed by atoms with Crippen LogP contribution in [0.2, 0.25) is 0 Å². The van der Waals surface area contributed by atoms with Crippen molar-refractivity contribution in [2.75, 3.05) is 19.7 Å². The Balaban J connectivity index is 2.69. The number of carbonyl (C=O) groups is 2. The number of carbonyl (C=O) groups excluding carboxylic acids is 2. The highest BCUT2D eigenvalue weighted by Crippen LogP contribution is 2.19. The number of hydrogen-bond acceptors (Lipinski definition) is 5. The Morgan fingerprint density at radius 1 is 1.39 bits per heavy atom. The molecule has 0 aliphatic heterocycles. The van der Waals surface area contributed by atoms with Crippen LogP contribution in [0.25, 0.3) is 0 Å². The minimum absolute atomic E-state index is 0.0729. The molecule has 0 aromatic heterocycles. The van der Waals surface area contributed by atoms with E-state index in [1.54, 1.807) is 0 Å². The van der Waals surface area contributed by atoms with Gasteiger partial charge in [-0.25, -0.2) is 4.79 Å². The Hall–Kier alpha value is -2.70. The highest BCUT2D eigenvalue weighted by Gasteiger charge is 2.17. The maximum absolute atomic E-state index is 12.0. The van der Waals surface area contributed by atoms with Crippen molar-refractivity contribution in [3.05, 3.63) is 51.6 Å². The Morgan fingerprint density at radius 2 is 2.04 bits per heavy atom. The molecule has 0 N–H and O–H groups in total. The topological polar surface area (TPSA) is 89.8 Å². The lowest BCUT2D eigenvalue weighted by atomic mass is 10.1. The molecule has 0 fully saturated rings. The molecule has 124 valence electrons. The molecule has 0 radical (unpaired) electrons. The van der Waals surface area contributed by atoms with Crippen molar-refractivity contribution in [1.29, 1.82) is 0 Å². The van der Waals surface area contributed by atoms with Crippen LogP contribution in [0.4, 0.5) is 5.69 Å². The van der Waals surface area contributed by atoms with Gasteiger partial charge in [-0.3, -0.25) is 14.9 Å². The zero-order valence-corrected chi connectivity index (χ0v) is 13.5. The summed E-state index contributed by atoms with van der Waals surface area (Å²) < 4.78 is 4.98. The number of amides is 1. The van der Waals surface area contributed by atoms with E-state index in [9.17, 15) is 19.7 Å². The summed E-state index contributed by atoms with van der Waals surface area (Å²) >= 11 is 0. The fourth-order valence-corrected chi connectivity index (χ4v) is 1.99. The van der Waals surface area contributed by atoms with E-state index in [4.69, 9.17) is 4.74 Å². The zero-order valence-electron chi connectivity index (χ0n) is 13.5. The molecule has 0 heterocycles. The van der Waals surface area contributed by atoms with Crippen molar-refractivity contribution in [2.45, 2.75) is 20.8 Å². The molecule has 0 aliphatic carbocycles. The lowest BCUT2D eigenvalue weighted by Crippen LogP contribution is -2.35. The van der Waals surface area contributed by atoms with Crippen LogP contribution in [0.3, 0.4) is 0 Å². The van der Waals surface area contributed by atoms with E-state index in [1.165, 1.54) is 30.0 Å². The van der Waals surface area contributed by atoms with Crippen LogP contribution in [0, 0.1) is 17.0 Å². The maximum Gasteiger partial charge on any atom is 0.338 e. The predicted molar refractivity (Wildman–Crippen MR) is 85.2 cm³/mol. The lowest BCUT2D eigenvalue weighted by Gasteiger charge is -2.20. The first-order valence-corrected chi connectivity index (χ1v) is 7.10. The molecule has 7 heteroatoms. The van der Waals surface area contributed by atoms with Gasteiger partial charge in [-0.05, 0) is 32.9 Å². The number of ether oxygens (including phenoxy) is 1. The number of nitrogens with zero attached hydrogens (tertiary/aromatic N) is 2. The minimum Gasteiger partial charge on any atom is -0.452 e. The Morgan fingerprint density at radius 3 is 2.52 bits per heavy atom. The summed E-state index contributed by atoms with van der Waals surface area (Å²) in [5.41, 5.74) is 1.28. The van der Waals surface area contributed by atoms with E-state index in [-0.39, 0.29) is 23.8 Å². The number of hydrogen-bond donors (Lipinski definition) is 0. The monoisotopic (exact) mass is 320 g/mol. The summed E-state index contributed by atoms with van der Waals surface area (Å²) in [4.78, 5) is 35.7. The lowest BCUT2D eigenvalue weighted by molar-refractivity contribution is -0.385. The molecular weight excluding hydrogens is 300 g/mol. The van der Waals surface area contributed by atoms with Gasteiger partial charge in [0.2, 0.25) is 0 Å². The zero-order chi connectivity index (χ0) is 17.6. The van der Waals surface area contributed by atoms with Crippen molar-refractivity contribution in [3.63, 3.8) is 0 Å². The highest BCUT2D eigenvalue weighted by molar-refractivity contribution is 5.91. The van der Waals surface area contributed by atoms with Crippen LogP contribution in [-0.2, 0) is 9.53 Å². The molecule has 0 aliphatic rings. The average molecular weight is 320 g/mol. The van der Waals surface area contributed by atoms with Gasteiger partial charge in [0.15, 0.2) is 6.61 Å². The Bertz CT molecular complexity index is 639. The summed E-state index contributed by atoms with van der Waals surface area (Å²) in [6, 6.07) is 3.92. The molecule has 0 saturated carbocycles. The number of nitro benzene ring substituents is 1. The quantitative estimate of drug-likeness (QED) is 0.333. The van der Waals surface area contributed by atoms with Gasteiger partial charge in [0.25, 0.3) is 11.6 Å². The van der Waals surface area contributed by atoms with E-state index in [1.807, 2.05) is 13.8 Å². The first kappa shape index (κ1) is 18.3. The van der Waals surface area contributed by atoms with Gasteiger partial charge in [0.1, 0.15) is 0 Å². The van der Waals surface area contributed by atoms with Gasteiger partial charge in [-0.15, -0.1) is 0 Å². The van der Waals surface area contributed by atoms with Crippen molar-refractivity contribution in [1.82, 2.24) is 4.90 Å². The molecule has 1 aromatic carbocycles. The molecule has 1 aromatic rings. The standard InChI is InChI=1S/C16H20N2O5/c1-5-17(9-11(2)3)15(19)10-23-16(20)13-6-7-14(18(21)22)12(4)8-13/h6-8H,2,5,9-10H2,1,3-4H3. The summed E-state index contributed by atoms with van der Waals surface area (Å²) in [6.07, 6.45) is 0. The van der Waals surface area contributed by atoms with E-state index >= 15 is 0 Å². The number of likely N-dealkylation sites (N-methyl/N-ethyl adjacent to an activating group) is 1. The Labute approximate surface area is 134 Å². The van der Waals surface area contributed by atoms with Gasteiger partial charge < -0.3 is 9.64 Å². The second-order valence-electron chi connectivity index (χ2n) is 5.20. The highest BCUT2D eigenvalue weighted by atomic mass is 16.6. The second kappa shape index (κ2) is 8.07. The number of aryl methyl sites for hydroxylation is 1. The summed E-state index contributed by atoms with van der Waals surface area (Å²) in [6.45, 7) is 9.42. The fourth-order valence-electron chi connectivity index (χ4n) is 1.99. The molecule has 0 spiro atoms. The third-order valence-electron chi connectivity index (χ3n) is 3.15. The fraction of sp³-hybridized carbons (Fsp3) is 0.375. The minimum atomic E-state index is -0.692. The van der Waals surface area contributed by atoms with Crippen LogP contribution in [-0.4, -0.2) is 41.4 Å². The van der Waals surface area contributed by atoms with Crippen LogP contribution >= 0.6 is 0 Å². The molecule has 7 nitrogen and oxygen atoms in total. The van der Waals surface area contributed by atoms with Gasteiger partial charge >= 0.3 is 5.97 Å². The molecule has 23 heavy (non-hydrogen) atoms. The molecule has 0 saturated heterocycles. The summed E-state index contributed by atoms with van der Waals surface area (Å²) in [7, 11) is 0. The SMILES string of the molecule is C=C(C)CN(CC)C(=O)COC(=O)c1ccc([N+](=O)[O-])c(C)c1. The molecule has 0 atom stereocenters. The van der Waals surface area contributed by atoms with E-state index < -0.39 is 10.9 Å². The smallest absolute Gasteiger partial charge is 0.338 e. The van der Waals surface area contributed by atoms with Crippen molar-refractivity contribution >= 4 is 17.6 Å². The van der Waals surface area contributed by atoms with Crippen molar-refractivity contribution in [3.8, 4) is 0 Å². The third-order valence-corrected chi connectivity index (χ3v) is 3.15. The van der Waals surface area contributed by atoms with Gasteiger partial charge in [0, 0.05) is 24.7 Å². The van der Waals surface area contributed by atoms with E-state index in [2.05, 4.69) is 6.58 Å². The first-order valence-electron chi connectivity index (χ1n) is 7.10. The molecule has 1 rings (SSSR count). The van der Waals surface area contributed by atoms with Gasteiger partial charge in [-0.2, -0.15) is 0 Å². The summed E-state index contributed by atoms with van der Waals surface area (Å²) in [5.74, 6) is -1.01. The Kier molecular flexibility index (Phi) is 6.44. The van der Waals surface area contributed by atoms with Crippen LogP contribution in [0.1, 0.15) is 29.8 Å². The number of rotatable bonds is 7. The molecule has 1 amide bonds. The van der Waals surface area contributed by atoms with Crippen molar-refractivity contribution in [2.24, 2.45) is 0 Å². The van der Waals surface area contributed by atoms with Gasteiger partial charge in [0.05, 0.1) is 10.5 Å². The number of benzene rings is 1. The maximum atomic E-state index is 12.0. The molecule has 0 unspecified atom stereocenters. The first-order chi connectivity index (χ1) is 10.8. The van der Waals surface area contributed by atoms with Crippen LogP contribution < -0.4 is 0 Å². The summed E-state index contributed by atoms with van der Waals surface area (Å²) in [5, 5.41) is 10.7. The van der Waals surface area contributed by atoms with Crippen LogP contribution in [0.5, 0.6) is 0 Å². The number of esters is 1. The van der Waals surface area contributed by atoms with Crippen LogP contribution in [0.15, 0.2) is 30.4 Å². The molecular formula is C16H20N2O5. The number of nitro groups is 1.